The average molecular weight is 385 g/mol. The second-order valence-corrected chi connectivity index (χ2v) is 6.27. The van der Waals surface area contributed by atoms with Crippen molar-refractivity contribution in [2.75, 3.05) is 7.05 Å². The van der Waals surface area contributed by atoms with E-state index in [0.29, 0.717) is 17.1 Å². The Morgan fingerprint density at radius 1 is 1.11 bits per heavy atom. The van der Waals surface area contributed by atoms with E-state index in [0.717, 1.165) is 4.90 Å². The minimum absolute atomic E-state index is 0.147. The third-order valence-electron chi connectivity index (χ3n) is 4.27. The van der Waals surface area contributed by atoms with Crippen LogP contribution in [-0.2, 0) is 9.59 Å². The summed E-state index contributed by atoms with van der Waals surface area (Å²) >= 11 is 0. The zero-order chi connectivity index (χ0) is 20.7. The molecule has 148 valence electrons. The number of urea groups is 1. The van der Waals surface area contributed by atoms with E-state index in [1.165, 1.54) is 14.0 Å². The molecule has 2 rings (SSSR count). The van der Waals surface area contributed by atoms with Gasteiger partial charge in [0.15, 0.2) is 0 Å². The smallest absolute Gasteiger partial charge is 0.326 e. The van der Waals surface area contributed by atoms with Crippen molar-refractivity contribution in [1.82, 2.24) is 10.2 Å². The highest BCUT2D eigenvalue weighted by Crippen LogP contribution is 2.26. The molecule has 0 aliphatic heterocycles. The first-order chi connectivity index (χ1) is 13.3. The lowest BCUT2D eigenvalue weighted by atomic mass is 10.0. The number of primary amides is 1. The van der Waals surface area contributed by atoms with Gasteiger partial charge in [-0.2, -0.15) is 0 Å². The van der Waals surface area contributed by atoms with Gasteiger partial charge in [0.25, 0.3) is 0 Å². The number of hydrogen-bond acceptors (Lipinski definition) is 4. The third kappa shape index (κ3) is 5.73. The number of aliphatic carboxylic acids is 1. The van der Waals surface area contributed by atoms with Crippen LogP contribution in [0.4, 0.5) is 4.79 Å². The molecule has 0 aromatic heterocycles. The van der Waals surface area contributed by atoms with Crippen LogP contribution in [-0.4, -0.2) is 41.0 Å². The molecule has 0 saturated carbocycles. The van der Waals surface area contributed by atoms with E-state index in [1.807, 2.05) is 18.2 Å². The predicted molar refractivity (Wildman–Crippen MR) is 103 cm³/mol. The van der Waals surface area contributed by atoms with Crippen LogP contribution in [0.15, 0.2) is 54.6 Å². The lowest BCUT2D eigenvalue weighted by Gasteiger charge is -2.25. The van der Waals surface area contributed by atoms with Crippen molar-refractivity contribution in [2.24, 2.45) is 5.73 Å². The number of likely N-dealkylation sites (N-methyl/N-ethyl adjacent to an activating group) is 1. The highest BCUT2D eigenvalue weighted by Gasteiger charge is 2.25. The molecule has 4 N–H and O–H groups in total. The Bertz CT molecular complexity index is 841. The molecule has 2 aromatic carbocycles. The van der Waals surface area contributed by atoms with E-state index in [9.17, 15) is 14.4 Å². The minimum atomic E-state index is -1.12. The number of para-hydroxylation sites is 1. The highest BCUT2D eigenvalue weighted by molar-refractivity contribution is 5.84. The van der Waals surface area contributed by atoms with Crippen LogP contribution in [0.3, 0.4) is 0 Å². The van der Waals surface area contributed by atoms with Crippen LogP contribution in [0, 0.1) is 0 Å². The molecule has 0 fully saturated rings. The zero-order valence-electron chi connectivity index (χ0n) is 15.7. The van der Waals surface area contributed by atoms with Crippen molar-refractivity contribution in [3.63, 3.8) is 0 Å². The number of ether oxygens (including phenoxy) is 1. The molecule has 28 heavy (non-hydrogen) atoms. The molecule has 0 radical (unpaired) electrons. The second-order valence-electron chi connectivity index (χ2n) is 6.27. The summed E-state index contributed by atoms with van der Waals surface area (Å²) in [7, 11) is 1.40. The minimum Gasteiger partial charge on any atom is -0.480 e. The Morgan fingerprint density at radius 3 is 2.36 bits per heavy atom. The van der Waals surface area contributed by atoms with E-state index in [4.69, 9.17) is 15.6 Å². The summed E-state index contributed by atoms with van der Waals surface area (Å²) in [6.07, 6.45) is -0.147. The number of nitrogens with one attached hydrogen (secondary N) is 1. The first-order valence-electron chi connectivity index (χ1n) is 8.65. The summed E-state index contributed by atoms with van der Waals surface area (Å²) in [6, 6.07) is 13.6. The first-order valence-corrected chi connectivity index (χ1v) is 8.65. The summed E-state index contributed by atoms with van der Waals surface area (Å²) < 4.78 is 5.78. The van der Waals surface area contributed by atoms with Crippen molar-refractivity contribution in [3.05, 3.63) is 60.2 Å². The molecule has 0 heterocycles. The Balaban J connectivity index is 2.20. The van der Waals surface area contributed by atoms with E-state index in [-0.39, 0.29) is 6.42 Å². The molecular weight excluding hydrogens is 362 g/mol. The number of carbonyl (C=O) groups excluding carboxylic acids is 2. The van der Waals surface area contributed by atoms with Crippen molar-refractivity contribution in [2.45, 2.75) is 25.4 Å². The largest absolute Gasteiger partial charge is 0.480 e. The summed E-state index contributed by atoms with van der Waals surface area (Å²) in [5.74, 6) is -0.388. The number of carboxylic acids is 1. The van der Waals surface area contributed by atoms with Gasteiger partial charge in [0.1, 0.15) is 17.5 Å². The number of rotatable bonds is 8. The fourth-order valence-electron chi connectivity index (χ4n) is 2.54. The van der Waals surface area contributed by atoms with Crippen molar-refractivity contribution < 1.29 is 24.2 Å². The van der Waals surface area contributed by atoms with Gasteiger partial charge in [-0.15, -0.1) is 0 Å². The Morgan fingerprint density at radius 2 is 1.75 bits per heavy atom. The molecule has 0 bridgehead atoms. The average Bonchev–Trinajstić information content (AvgIpc) is 2.66. The van der Waals surface area contributed by atoms with Gasteiger partial charge in [-0.3, -0.25) is 4.79 Å². The molecule has 0 aliphatic carbocycles. The summed E-state index contributed by atoms with van der Waals surface area (Å²) in [4.78, 5) is 36.1. The van der Waals surface area contributed by atoms with Crippen LogP contribution >= 0.6 is 0 Å². The summed E-state index contributed by atoms with van der Waals surface area (Å²) in [6.45, 7) is 1.41. The van der Waals surface area contributed by atoms with Crippen LogP contribution < -0.4 is 15.8 Å². The van der Waals surface area contributed by atoms with Gasteiger partial charge in [-0.1, -0.05) is 30.3 Å². The molecule has 2 atom stereocenters. The second kappa shape index (κ2) is 9.40. The quantitative estimate of drug-likeness (QED) is 0.644. The predicted octanol–water partition coefficient (Wildman–Crippen LogP) is 2.51. The third-order valence-corrected chi connectivity index (χ3v) is 4.27. The van der Waals surface area contributed by atoms with Gasteiger partial charge in [0.05, 0.1) is 12.5 Å². The van der Waals surface area contributed by atoms with E-state index in [1.54, 1.807) is 36.4 Å². The van der Waals surface area contributed by atoms with E-state index < -0.39 is 30.0 Å². The molecule has 8 heteroatoms. The van der Waals surface area contributed by atoms with Gasteiger partial charge in [-0.05, 0) is 36.8 Å². The Kier molecular flexibility index (Phi) is 6.97. The van der Waals surface area contributed by atoms with Crippen molar-refractivity contribution >= 4 is 17.9 Å². The van der Waals surface area contributed by atoms with Crippen LogP contribution in [0.5, 0.6) is 11.5 Å². The van der Waals surface area contributed by atoms with Crippen LogP contribution in [0.25, 0.3) is 0 Å². The topological polar surface area (TPSA) is 122 Å². The summed E-state index contributed by atoms with van der Waals surface area (Å²) in [5, 5.41) is 11.6. The SMILES string of the molecule is CC(C(=O)O)N(C)C(=O)CC(NC(N)=O)c1cccc(Oc2ccccc2)c1. The van der Waals surface area contributed by atoms with E-state index >= 15 is 0 Å². The molecule has 0 aliphatic rings. The maximum absolute atomic E-state index is 12.5. The fourth-order valence-corrected chi connectivity index (χ4v) is 2.54. The van der Waals surface area contributed by atoms with Gasteiger partial charge in [-0.25, -0.2) is 9.59 Å². The number of nitrogens with two attached hydrogens (primary N) is 1. The zero-order valence-corrected chi connectivity index (χ0v) is 15.7. The van der Waals surface area contributed by atoms with Crippen LogP contribution in [0.1, 0.15) is 24.9 Å². The maximum atomic E-state index is 12.5. The number of carboxylic acid groups (broad SMARTS) is 1. The van der Waals surface area contributed by atoms with Crippen molar-refractivity contribution in [1.29, 1.82) is 0 Å². The normalized spacial score (nSPS) is 12.5. The lowest BCUT2D eigenvalue weighted by molar-refractivity contribution is -0.148. The molecular formula is C20H23N3O5. The number of nitrogens with zero attached hydrogens (tertiary/aromatic N) is 1. The molecule has 0 saturated heterocycles. The lowest BCUT2D eigenvalue weighted by Crippen LogP contribution is -2.42. The van der Waals surface area contributed by atoms with Gasteiger partial charge < -0.3 is 25.8 Å². The van der Waals surface area contributed by atoms with Crippen LogP contribution in [0.2, 0.25) is 0 Å². The van der Waals surface area contributed by atoms with Gasteiger partial charge in [0.2, 0.25) is 5.91 Å². The molecule has 0 spiro atoms. The molecule has 3 amide bonds. The molecule has 2 aromatic rings. The van der Waals surface area contributed by atoms with Crippen molar-refractivity contribution in [3.8, 4) is 11.5 Å². The maximum Gasteiger partial charge on any atom is 0.326 e. The highest BCUT2D eigenvalue weighted by atomic mass is 16.5. The number of hydrogen-bond donors (Lipinski definition) is 3. The number of amides is 3. The van der Waals surface area contributed by atoms with Gasteiger partial charge in [0, 0.05) is 7.05 Å². The molecule has 2 unspecified atom stereocenters. The molecule has 8 nitrogen and oxygen atoms in total. The standard InChI is InChI=1S/C20H23N3O5/c1-13(19(25)26)23(2)18(24)12-17(22-20(21)27)14-7-6-10-16(11-14)28-15-8-4-3-5-9-15/h3-11,13,17H,12H2,1-2H3,(H,25,26)(H3,21,22,27). The summed E-state index contributed by atoms with van der Waals surface area (Å²) in [5.41, 5.74) is 5.86. The monoisotopic (exact) mass is 385 g/mol. The fraction of sp³-hybridized carbons (Fsp3) is 0.250. The van der Waals surface area contributed by atoms with Gasteiger partial charge >= 0.3 is 12.0 Å². The Hall–Kier alpha value is -3.55. The number of carbonyl (C=O) groups is 3. The first kappa shape index (κ1) is 20.8. The van der Waals surface area contributed by atoms with E-state index in [2.05, 4.69) is 5.32 Å². The Labute approximate surface area is 162 Å². The number of benzene rings is 2.